The molecule has 1 spiro atoms. The largest absolute Gasteiger partial charge is 0.481 e. The van der Waals surface area contributed by atoms with Gasteiger partial charge in [-0.15, -0.1) is 0 Å². The molecule has 0 atom stereocenters. The molecule has 6 rings (SSSR count). The summed E-state index contributed by atoms with van der Waals surface area (Å²) in [5, 5.41) is 15.8. The molecule has 2 amide bonds. The highest BCUT2D eigenvalue weighted by Gasteiger charge is 2.58. The summed E-state index contributed by atoms with van der Waals surface area (Å²) in [6.45, 7) is 6.03. The smallest absolute Gasteiger partial charge is 0.321 e. The number of urea groups is 1. The van der Waals surface area contributed by atoms with Gasteiger partial charge >= 0.3 is 12.0 Å². The highest BCUT2D eigenvalue weighted by Crippen LogP contribution is 2.61. The van der Waals surface area contributed by atoms with E-state index < -0.39 is 11.4 Å². The number of benzene rings is 1. The zero-order valence-electron chi connectivity index (χ0n) is 23.2. The highest BCUT2D eigenvalue weighted by molar-refractivity contribution is 7.22. The van der Waals surface area contributed by atoms with Crippen LogP contribution in [-0.2, 0) is 4.79 Å². The van der Waals surface area contributed by atoms with Gasteiger partial charge in [0.15, 0.2) is 5.13 Å². The first-order valence-corrected chi connectivity index (χ1v) is 14.9. The van der Waals surface area contributed by atoms with E-state index in [0.717, 1.165) is 71.4 Å². The predicted molar refractivity (Wildman–Crippen MR) is 160 cm³/mol. The van der Waals surface area contributed by atoms with Crippen molar-refractivity contribution in [2.45, 2.75) is 46.0 Å². The van der Waals surface area contributed by atoms with Gasteiger partial charge in [-0.25, -0.2) is 19.7 Å². The van der Waals surface area contributed by atoms with Crippen molar-refractivity contribution in [3.05, 3.63) is 48.9 Å². The summed E-state index contributed by atoms with van der Waals surface area (Å²) in [6, 6.07) is 9.56. The van der Waals surface area contributed by atoms with Gasteiger partial charge in [0.1, 0.15) is 0 Å². The average molecular weight is 572 g/mol. The Hall–Kier alpha value is -4.12. The van der Waals surface area contributed by atoms with Crippen molar-refractivity contribution >= 4 is 44.6 Å². The van der Waals surface area contributed by atoms with Gasteiger partial charge in [-0.3, -0.25) is 15.1 Å². The number of fused-ring (bicyclic) bond motifs is 1. The number of pyridine rings is 1. The third kappa shape index (κ3) is 5.10. The molecule has 1 aliphatic heterocycles. The van der Waals surface area contributed by atoms with E-state index in [-0.39, 0.29) is 11.4 Å². The first kappa shape index (κ1) is 27.1. The van der Waals surface area contributed by atoms with Gasteiger partial charge in [0.25, 0.3) is 0 Å². The molecule has 3 N–H and O–H groups in total. The number of aromatic nitrogens is 4. The lowest BCUT2D eigenvalue weighted by Gasteiger charge is -2.57. The fraction of sp³-hybridized carbons (Fsp3) is 0.400. The minimum Gasteiger partial charge on any atom is -0.481 e. The van der Waals surface area contributed by atoms with Crippen LogP contribution in [0.25, 0.3) is 32.6 Å². The van der Waals surface area contributed by atoms with Crippen molar-refractivity contribution in [1.29, 1.82) is 0 Å². The first-order chi connectivity index (χ1) is 19.8. The molecule has 0 unspecified atom stereocenters. The van der Waals surface area contributed by atoms with Gasteiger partial charge in [0, 0.05) is 49.4 Å². The summed E-state index contributed by atoms with van der Waals surface area (Å²) < 4.78 is 0.935. The SMILES string of the molecule is CCNC(=O)Nc1nc2cc(-c3cnc(N4CCC5(CC4)CC(CC)(C(=O)O)C5)nc3)cc(-c3ccccn3)c2s1. The van der Waals surface area contributed by atoms with E-state index in [2.05, 4.69) is 31.6 Å². The Morgan fingerprint density at radius 1 is 1.05 bits per heavy atom. The second-order valence-electron chi connectivity index (χ2n) is 11.1. The minimum absolute atomic E-state index is 0.139. The van der Waals surface area contributed by atoms with Crippen LogP contribution in [0.3, 0.4) is 0 Å². The van der Waals surface area contributed by atoms with Crippen molar-refractivity contribution in [1.82, 2.24) is 25.3 Å². The van der Waals surface area contributed by atoms with E-state index in [0.29, 0.717) is 24.0 Å². The number of nitrogens with one attached hydrogen (secondary N) is 2. The van der Waals surface area contributed by atoms with Crippen LogP contribution in [0.2, 0.25) is 0 Å². The number of hydrogen-bond donors (Lipinski definition) is 3. The van der Waals surface area contributed by atoms with Gasteiger partial charge in [-0.2, -0.15) is 0 Å². The Morgan fingerprint density at radius 3 is 2.44 bits per heavy atom. The Kier molecular flexibility index (Phi) is 7.06. The number of anilines is 2. The molecule has 41 heavy (non-hydrogen) atoms. The van der Waals surface area contributed by atoms with E-state index in [4.69, 9.17) is 9.97 Å². The van der Waals surface area contributed by atoms with E-state index in [1.54, 1.807) is 6.20 Å². The average Bonchev–Trinajstić information content (AvgIpc) is 3.38. The first-order valence-electron chi connectivity index (χ1n) is 14.1. The van der Waals surface area contributed by atoms with Crippen LogP contribution in [0, 0.1) is 10.8 Å². The van der Waals surface area contributed by atoms with Crippen LogP contribution < -0.4 is 15.5 Å². The van der Waals surface area contributed by atoms with Crippen LogP contribution >= 0.6 is 11.3 Å². The fourth-order valence-corrected chi connectivity index (χ4v) is 7.34. The Bertz CT molecular complexity index is 1570. The van der Waals surface area contributed by atoms with Crippen molar-refractivity contribution in [3.63, 3.8) is 0 Å². The maximum atomic E-state index is 12.1. The number of amides is 2. The fourth-order valence-electron chi connectivity index (χ4n) is 6.37. The molecule has 0 radical (unpaired) electrons. The zero-order valence-corrected chi connectivity index (χ0v) is 24.0. The van der Waals surface area contributed by atoms with Crippen molar-refractivity contribution < 1.29 is 14.7 Å². The topological polar surface area (TPSA) is 133 Å². The number of rotatable bonds is 7. The van der Waals surface area contributed by atoms with Gasteiger partial charge < -0.3 is 15.3 Å². The third-order valence-corrected chi connectivity index (χ3v) is 9.64. The van der Waals surface area contributed by atoms with Gasteiger partial charge in [-0.05, 0) is 74.3 Å². The Morgan fingerprint density at radius 2 is 1.80 bits per heavy atom. The van der Waals surface area contributed by atoms with Crippen molar-refractivity contribution in [3.8, 4) is 22.4 Å². The number of thiazole rings is 1. The standard InChI is InChI=1S/C30H33N7O3S/c1-3-30(25(38)39)17-29(18-30)8-11-37(12-9-29)26-33-15-20(16-34-26)19-13-21(22-7-5-6-10-32-22)24-23(14-19)35-28(41-24)36-27(40)31-4-2/h5-7,10,13-16H,3-4,8-9,11-12,17-18H2,1-2H3,(H,38,39)(H2,31,35,36,40). The molecule has 0 bridgehead atoms. The number of hydrogen-bond acceptors (Lipinski definition) is 8. The van der Waals surface area contributed by atoms with Crippen LogP contribution in [0.5, 0.6) is 0 Å². The molecule has 10 nitrogen and oxygen atoms in total. The lowest BCUT2D eigenvalue weighted by atomic mass is 9.49. The maximum absolute atomic E-state index is 12.1. The minimum atomic E-state index is -0.650. The molecule has 2 fully saturated rings. The van der Waals surface area contributed by atoms with Crippen molar-refractivity contribution in [2.75, 3.05) is 29.9 Å². The number of aliphatic carboxylic acids is 1. The zero-order chi connectivity index (χ0) is 28.6. The summed E-state index contributed by atoms with van der Waals surface area (Å²) in [5.41, 5.74) is 3.88. The number of carboxylic acids is 1. The van der Waals surface area contributed by atoms with Crippen LogP contribution in [0.1, 0.15) is 46.0 Å². The molecule has 1 saturated heterocycles. The molecule has 1 saturated carbocycles. The van der Waals surface area contributed by atoms with E-state index in [9.17, 15) is 14.7 Å². The van der Waals surface area contributed by atoms with Crippen LogP contribution in [0.15, 0.2) is 48.9 Å². The number of nitrogens with zero attached hydrogens (tertiary/aromatic N) is 5. The normalized spacial score (nSPS) is 17.3. The van der Waals surface area contributed by atoms with E-state index in [1.807, 2.05) is 50.5 Å². The van der Waals surface area contributed by atoms with Crippen molar-refractivity contribution in [2.24, 2.45) is 10.8 Å². The molecular formula is C30H33N7O3S. The lowest BCUT2D eigenvalue weighted by molar-refractivity contribution is -0.168. The summed E-state index contributed by atoms with van der Waals surface area (Å²) in [7, 11) is 0. The molecule has 4 heterocycles. The number of carbonyl (C=O) groups excluding carboxylic acids is 1. The van der Waals surface area contributed by atoms with Gasteiger partial charge in [-0.1, -0.05) is 24.3 Å². The Balaban J connectivity index is 1.23. The van der Waals surface area contributed by atoms with Crippen LogP contribution in [0.4, 0.5) is 15.9 Å². The van der Waals surface area contributed by atoms with Gasteiger partial charge in [0.2, 0.25) is 5.95 Å². The summed E-state index contributed by atoms with van der Waals surface area (Å²) >= 11 is 1.41. The molecule has 212 valence electrons. The number of carboxylic acid groups (broad SMARTS) is 1. The van der Waals surface area contributed by atoms with E-state index in [1.165, 1.54) is 11.3 Å². The monoisotopic (exact) mass is 571 g/mol. The second kappa shape index (κ2) is 10.7. The number of piperidine rings is 1. The molecule has 1 aliphatic carbocycles. The molecule has 3 aromatic heterocycles. The molecular weight excluding hydrogens is 538 g/mol. The molecule has 1 aromatic carbocycles. The summed E-state index contributed by atoms with van der Waals surface area (Å²) in [6.07, 6.45) is 9.62. The Labute approximate surface area is 242 Å². The molecule has 2 aliphatic rings. The lowest BCUT2D eigenvalue weighted by Crippen LogP contribution is -2.55. The highest BCUT2D eigenvalue weighted by atomic mass is 32.1. The number of carbonyl (C=O) groups is 2. The summed E-state index contributed by atoms with van der Waals surface area (Å²) in [5.74, 6) is 0.0412. The second-order valence-corrected chi connectivity index (χ2v) is 12.1. The summed E-state index contributed by atoms with van der Waals surface area (Å²) in [4.78, 5) is 44.8. The predicted octanol–water partition coefficient (Wildman–Crippen LogP) is 5.82. The van der Waals surface area contributed by atoms with Gasteiger partial charge in [0.05, 0.1) is 21.3 Å². The molecule has 4 aromatic rings. The molecule has 11 heteroatoms. The quantitative estimate of drug-likeness (QED) is 0.253. The third-order valence-electron chi connectivity index (χ3n) is 8.62. The maximum Gasteiger partial charge on any atom is 0.321 e. The van der Waals surface area contributed by atoms with E-state index >= 15 is 0 Å². The van der Waals surface area contributed by atoms with Crippen LogP contribution in [-0.4, -0.2) is 56.7 Å².